The summed E-state index contributed by atoms with van der Waals surface area (Å²) in [6.45, 7) is -0.307. The maximum Gasteiger partial charge on any atom is 0.305 e. The summed E-state index contributed by atoms with van der Waals surface area (Å²) in [6, 6.07) is 15.7. The summed E-state index contributed by atoms with van der Waals surface area (Å²) < 4.78 is 11.5. The fraction of sp³-hybridized carbons (Fsp3) is 0.294. The SMILES string of the molecule is COc1cc([C@@H]2c3sc(=O)[nH]c3S[C@@H]3[C@@H]4C[C@@H]([C@@H]5C(=O)N(c6ccc([N+](=O)[O-])cc6)C(=O)[C@@H]45)[C@H]23)ccc1OCC(=O)Nc1ccc(Cl)c(Cl)c1. The van der Waals surface area contributed by atoms with Crippen LogP contribution in [0.25, 0.3) is 0 Å². The maximum atomic E-state index is 14.0. The van der Waals surface area contributed by atoms with E-state index in [4.69, 9.17) is 32.7 Å². The second-order valence-corrected chi connectivity index (χ2v) is 15.6. The van der Waals surface area contributed by atoms with Crippen LogP contribution in [0.15, 0.2) is 70.5 Å². The van der Waals surface area contributed by atoms with Crippen LogP contribution in [0.4, 0.5) is 17.1 Å². The molecule has 2 saturated carbocycles. The molecule has 1 saturated heterocycles. The van der Waals surface area contributed by atoms with E-state index in [0.717, 1.165) is 26.8 Å². The highest BCUT2D eigenvalue weighted by Crippen LogP contribution is 2.68. The van der Waals surface area contributed by atoms with E-state index < -0.39 is 22.7 Å². The normalized spacial score (nSPS) is 26.0. The van der Waals surface area contributed by atoms with Crippen molar-refractivity contribution in [2.24, 2.45) is 29.6 Å². The van der Waals surface area contributed by atoms with E-state index in [1.54, 1.807) is 30.0 Å². The second-order valence-electron chi connectivity index (χ2n) is 12.6. The van der Waals surface area contributed by atoms with E-state index in [1.165, 1.54) is 42.3 Å². The molecular formula is C34H26Cl2N4O8S2. The third kappa shape index (κ3) is 5.27. The Bertz CT molecular complexity index is 2160. The van der Waals surface area contributed by atoms with Crippen LogP contribution in [0.5, 0.6) is 11.5 Å². The number of thioether (sulfide) groups is 1. The number of hydrogen-bond acceptors (Lipinski definition) is 10. The number of nitrogens with one attached hydrogen (secondary N) is 2. The molecule has 3 aromatic carbocycles. The third-order valence-electron chi connectivity index (χ3n) is 10.2. The Labute approximate surface area is 302 Å². The van der Waals surface area contributed by atoms with Crippen molar-refractivity contribution in [1.29, 1.82) is 0 Å². The number of ether oxygens (including phenoxy) is 2. The lowest BCUT2D eigenvalue weighted by Crippen LogP contribution is -2.42. The predicted octanol–water partition coefficient (Wildman–Crippen LogP) is 6.36. The molecule has 2 N–H and O–H groups in total. The number of carbonyl (C=O) groups excluding carboxylic acids is 3. The molecule has 3 amide bonds. The first-order valence-corrected chi connectivity index (χ1v) is 18.1. The molecule has 0 radical (unpaired) electrons. The van der Waals surface area contributed by atoms with Gasteiger partial charge in [-0.2, -0.15) is 0 Å². The van der Waals surface area contributed by atoms with E-state index in [9.17, 15) is 29.3 Å². The summed E-state index contributed by atoms with van der Waals surface area (Å²) in [4.78, 5) is 68.8. The fourth-order valence-electron chi connectivity index (χ4n) is 8.28. The first kappa shape index (κ1) is 32.8. The van der Waals surface area contributed by atoms with Crippen molar-refractivity contribution in [3.8, 4) is 11.5 Å². The van der Waals surface area contributed by atoms with E-state index in [1.807, 2.05) is 12.1 Å². The lowest BCUT2D eigenvalue weighted by Gasteiger charge is -2.43. The molecule has 12 nitrogen and oxygen atoms in total. The number of non-ortho nitro benzene ring substituents is 1. The van der Waals surface area contributed by atoms with Gasteiger partial charge in [0.25, 0.3) is 11.6 Å². The van der Waals surface area contributed by atoms with Crippen LogP contribution in [0.2, 0.25) is 10.0 Å². The number of rotatable bonds is 8. The van der Waals surface area contributed by atoms with Gasteiger partial charge in [0.05, 0.1) is 44.6 Å². The molecule has 1 aromatic heterocycles. The summed E-state index contributed by atoms with van der Waals surface area (Å²) in [5, 5.41) is 15.3. The summed E-state index contributed by atoms with van der Waals surface area (Å²) in [5.41, 5.74) is 1.51. The van der Waals surface area contributed by atoms with Crippen molar-refractivity contribution in [2.75, 3.05) is 23.9 Å². The molecule has 0 spiro atoms. The summed E-state index contributed by atoms with van der Waals surface area (Å²) in [6.07, 6.45) is 0.700. The van der Waals surface area contributed by atoms with Gasteiger partial charge >= 0.3 is 4.87 Å². The van der Waals surface area contributed by atoms with Crippen molar-refractivity contribution in [3.05, 3.63) is 101 Å². The fourth-order valence-corrected chi connectivity index (χ4v) is 11.5. The Morgan fingerprint density at radius 2 is 1.74 bits per heavy atom. The highest BCUT2D eigenvalue weighted by molar-refractivity contribution is 8.00. The van der Waals surface area contributed by atoms with Gasteiger partial charge < -0.3 is 19.8 Å². The van der Waals surface area contributed by atoms with Gasteiger partial charge in [-0.3, -0.25) is 34.2 Å². The monoisotopic (exact) mass is 752 g/mol. The number of imide groups is 1. The summed E-state index contributed by atoms with van der Waals surface area (Å²) in [5.74, 6) is -1.88. The predicted molar refractivity (Wildman–Crippen MR) is 188 cm³/mol. The van der Waals surface area contributed by atoms with Crippen LogP contribution < -0.4 is 24.6 Å². The van der Waals surface area contributed by atoms with Crippen LogP contribution in [-0.4, -0.2) is 46.6 Å². The number of benzene rings is 3. The standard InChI is InChI=1S/C34H26Cl2N4O8S2/c1-47-23-10-14(2-9-22(23)48-13-24(41)37-15-3-8-20(35)21(36)11-15)25-26-18-12-19(29(26)49-31-30(25)50-34(44)38-31)28-27(18)32(42)39(33(28)43)16-4-6-17(7-5-16)40(45)46/h2-11,18-19,25-29H,12-13H2,1H3,(H,37,41)(H,38,44)/t18-,19-,25+,26-,27+,28+,29-/m1/s1. The number of methoxy groups -OCH3 is 1. The van der Waals surface area contributed by atoms with Crippen LogP contribution >= 0.6 is 46.3 Å². The number of nitrogens with zero attached hydrogens (tertiary/aromatic N) is 2. The number of hydrogen-bond donors (Lipinski definition) is 2. The number of H-pyrrole nitrogens is 1. The molecule has 3 heterocycles. The van der Waals surface area contributed by atoms with Crippen LogP contribution in [0, 0.1) is 39.7 Å². The zero-order valence-corrected chi connectivity index (χ0v) is 29.1. The molecule has 4 aliphatic rings. The van der Waals surface area contributed by atoms with Crippen LogP contribution in [0.1, 0.15) is 22.8 Å². The summed E-state index contributed by atoms with van der Waals surface area (Å²) >= 11 is 14.7. The number of carbonyl (C=O) groups is 3. The number of aromatic amines is 1. The van der Waals surface area contributed by atoms with Crippen LogP contribution in [-0.2, 0) is 14.4 Å². The first-order chi connectivity index (χ1) is 24.0. The lowest BCUT2D eigenvalue weighted by molar-refractivity contribution is -0.384. The summed E-state index contributed by atoms with van der Waals surface area (Å²) in [7, 11) is 1.50. The molecule has 2 bridgehead atoms. The minimum Gasteiger partial charge on any atom is -0.493 e. The molecule has 2 aliphatic carbocycles. The smallest absolute Gasteiger partial charge is 0.305 e. The minimum absolute atomic E-state index is 0.0375. The third-order valence-corrected chi connectivity index (χ3v) is 13.5. The number of amides is 3. The van der Waals surface area contributed by atoms with Gasteiger partial charge in [0.15, 0.2) is 18.1 Å². The Morgan fingerprint density at radius 1 is 1.00 bits per heavy atom. The Kier molecular flexibility index (Phi) is 8.17. The Balaban J connectivity index is 1.07. The van der Waals surface area contributed by atoms with E-state index in [0.29, 0.717) is 39.3 Å². The average molecular weight is 754 g/mol. The lowest BCUT2D eigenvalue weighted by atomic mass is 9.68. The molecule has 256 valence electrons. The number of aromatic nitrogens is 1. The Hall–Kier alpha value is -4.37. The van der Waals surface area contributed by atoms with Gasteiger partial charge in [0.2, 0.25) is 11.8 Å². The highest BCUT2D eigenvalue weighted by Gasteiger charge is 2.69. The number of halogens is 2. The van der Waals surface area contributed by atoms with Gasteiger partial charge in [-0.15, -0.1) is 11.8 Å². The number of fused-ring (bicyclic) bond motifs is 9. The van der Waals surface area contributed by atoms with E-state index in [-0.39, 0.29) is 57.9 Å². The van der Waals surface area contributed by atoms with Gasteiger partial charge in [-0.05, 0) is 72.2 Å². The van der Waals surface area contributed by atoms with Crippen LogP contribution in [0.3, 0.4) is 0 Å². The molecule has 8 rings (SSSR count). The number of anilines is 2. The van der Waals surface area contributed by atoms with Crippen molar-refractivity contribution in [3.63, 3.8) is 0 Å². The number of nitro benzene ring substituents is 1. The minimum atomic E-state index is -0.539. The molecule has 0 unspecified atom stereocenters. The zero-order chi connectivity index (χ0) is 35.0. The molecule has 7 atom stereocenters. The molecule has 2 aliphatic heterocycles. The van der Waals surface area contributed by atoms with Crippen molar-refractivity contribution < 1.29 is 28.8 Å². The largest absolute Gasteiger partial charge is 0.493 e. The maximum absolute atomic E-state index is 14.0. The molecule has 4 aromatic rings. The van der Waals surface area contributed by atoms with E-state index >= 15 is 0 Å². The average Bonchev–Trinajstić information content (AvgIpc) is 3.84. The quantitative estimate of drug-likeness (QED) is 0.119. The van der Waals surface area contributed by atoms with Crippen molar-refractivity contribution in [2.45, 2.75) is 22.6 Å². The Morgan fingerprint density at radius 3 is 2.44 bits per heavy atom. The van der Waals surface area contributed by atoms with Crippen molar-refractivity contribution in [1.82, 2.24) is 4.98 Å². The van der Waals surface area contributed by atoms with E-state index in [2.05, 4.69) is 10.3 Å². The number of nitro groups is 1. The van der Waals surface area contributed by atoms with Gasteiger partial charge in [-0.25, -0.2) is 0 Å². The highest BCUT2D eigenvalue weighted by atomic mass is 35.5. The van der Waals surface area contributed by atoms with Crippen molar-refractivity contribution >= 4 is 81.1 Å². The topological polar surface area (TPSA) is 161 Å². The number of thiazole rings is 1. The molecule has 3 fully saturated rings. The first-order valence-electron chi connectivity index (χ1n) is 15.6. The molecule has 16 heteroatoms. The zero-order valence-electron chi connectivity index (χ0n) is 26.0. The van der Waals surface area contributed by atoms with Gasteiger partial charge in [0, 0.05) is 33.9 Å². The van der Waals surface area contributed by atoms with Gasteiger partial charge in [-0.1, -0.05) is 40.6 Å². The van der Waals surface area contributed by atoms with Gasteiger partial charge in [0.1, 0.15) is 0 Å². The molecular weight excluding hydrogens is 727 g/mol. The second kappa shape index (κ2) is 12.4. The molecule has 50 heavy (non-hydrogen) atoms.